The van der Waals surface area contributed by atoms with Gasteiger partial charge in [-0.05, 0) is 36.6 Å². The molecule has 1 aliphatic carbocycles. The SMILES string of the molecule is CC1CC(C(=O)O)C(C(=O)NCCc2cccs2)C1. The van der Waals surface area contributed by atoms with Gasteiger partial charge in [-0.3, -0.25) is 9.59 Å². The van der Waals surface area contributed by atoms with E-state index in [2.05, 4.69) is 5.32 Å². The molecule has 1 aliphatic rings. The third-order valence-corrected chi connectivity index (χ3v) is 4.64. The van der Waals surface area contributed by atoms with Crippen LogP contribution in [-0.2, 0) is 16.0 Å². The molecule has 0 aromatic carbocycles. The highest BCUT2D eigenvalue weighted by molar-refractivity contribution is 7.09. The van der Waals surface area contributed by atoms with Crippen molar-refractivity contribution in [2.24, 2.45) is 17.8 Å². The highest BCUT2D eigenvalue weighted by atomic mass is 32.1. The molecule has 19 heavy (non-hydrogen) atoms. The topological polar surface area (TPSA) is 66.4 Å². The Bertz CT molecular complexity index is 444. The lowest BCUT2D eigenvalue weighted by atomic mass is 9.95. The van der Waals surface area contributed by atoms with Crippen molar-refractivity contribution >= 4 is 23.2 Å². The molecule has 2 N–H and O–H groups in total. The zero-order chi connectivity index (χ0) is 13.8. The van der Waals surface area contributed by atoms with Gasteiger partial charge in [-0.25, -0.2) is 0 Å². The van der Waals surface area contributed by atoms with Crippen LogP contribution in [-0.4, -0.2) is 23.5 Å². The number of thiophene rings is 1. The highest BCUT2D eigenvalue weighted by Crippen LogP contribution is 2.36. The molecule has 4 nitrogen and oxygen atoms in total. The zero-order valence-corrected chi connectivity index (χ0v) is 11.8. The Morgan fingerprint density at radius 2 is 2.16 bits per heavy atom. The van der Waals surface area contributed by atoms with Crippen molar-refractivity contribution in [2.75, 3.05) is 6.54 Å². The zero-order valence-electron chi connectivity index (χ0n) is 11.0. The first-order valence-electron chi connectivity index (χ1n) is 6.61. The molecule has 3 atom stereocenters. The van der Waals surface area contributed by atoms with Gasteiger partial charge in [0.25, 0.3) is 0 Å². The molecule has 3 unspecified atom stereocenters. The van der Waals surface area contributed by atoms with Crippen LogP contribution in [0.3, 0.4) is 0 Å². The van der Waals surface area contributed by atoms with Crippen molar-refractivity contribution in [3.05, 3.63) is 22.4 Å². The number of amides is 1. The van der Waals surface area contributed by atoms with Gasteiger partial charge in [0.15, 0.2) is 0 Å². The van der Waals surface area contributed by atoms with E-state index in [0.29, 0.717) is 25.3 Å². The highest BCUT2D eigenvalue weighted by Gasteiger charge is 2.40. The van der Waals surface area contributed by atoms with Crippen LogP contribution in [0.1, 0.15) is 24.6 Å². The van der Waals surface area contributed by atoms with E-state index < -0.39 is 11.9 Å². The second kappa shape index (κ2) is 6.19. The van der Waals surface area contributed by atoms with Gasteiger partial charge in [0.1, 0.15) is 0 Å². The largest absolute Gasteiger partial charge is 0.481 e. The average molecular weight is 281 g/mol. The maximum Gasteiger partial charge on any atom is 0.307 e. The number of aliphatic carboxylic acids is 1. The monoisotopic (exact) mass is 281 g/mol. The van der Waals surface area contributed by atoms with E-state index in [1.165, 1.54) is 4.88 Å². The molecular weight excluding hydrogens is 262 g/mol. The van der Waals surface area contributed by atoms with Crippen LogP contribution in [0.15, 0.2) is 17.5 Å². The summed E-state index contributed by atoms with van der Waals surface area (Å²) in [4.78, 5) is 24.4. The van der Waals surface area contributed by atoms with Crippen molar-refractivity contribution in [1.82, 2.24) is 5.32 Å². The first kappa shape index (κ1) is 14.1. The summed E-state index contributed by atoms with van der Waals surface area (Å²) in [5.41, 5.74) is 0. The van der Waals surface area contributed by atoms with Gasteiger partial charge in [-0.15, -0.1) is 11.3 Å². The Morgan fingerprint density at radius 1 is 1.42 bits per heavy atom. The molecule has 2 rings (SSSR count). The second-order valence-electron chi connectivity index (χ2n) is 5.25. The van der Waals surface area contributed by atoms with Crippen LogP contribution in [0.4, 0.5) is 0 Å². The number of hydrogen-bond acceptors (Lipinski definition) is 3. The quantitative estimate of drug-likeness (QED) is 0.869. The lowest BCUT2D eigenvalue weighted by Gasteiger charge is -2.15. The van der Waals surface area contributed by atoms with Crippen molar-refractivity contribution in [1.29, 1.82) is 0 Å². The van der Waals surface area contributed by atoms with E-state index in [0.717, 1.165) is 6.42 Å². The van der Waals surface area contributed by atoms with Gasteiger partial charge < -0.3 is 10.4 Å². The fraction of sp³-hybridized carbons (Fsp3) is 0.571. The summed E-state index contributed by atoms with van der Waals surface area (Å²) in [7, 11) is 0. The molecule has 0 aliphatic heterocycles. The van der Waals surface area contributed by atoms with Crippen LogP contribution in [0.2, 0.25) is 0 Å². The maximum absolute atomic E-state index is 12.1. The molecule has 1 aromatic heterocycles. The van der Waals surface area contributed by atoms with Gasteiger partial charge in [-0.1, -0.05) is 13.0 Å². The number of nitrogens with one attached hydrogen (secondary N) is 1. The molecular formula is C14H19NO3S. The summed E-state index contributed by atoms with van der Waals surface area (Å²) < 4.78 is 0. The third kappa shape index (κ3) is 3.56. The smallest absolute Gasteiger partial charge is 0.307 e. The number of carboxylic acid groups (broad SMARTS) is 1. The Hall–Kier alpha value is -1.36. The molecule has 0 saturated heterocycles. The Labute approximate surface area is 116 Å². The minimum Gasteiger partial charge on any atom is -0.481 e. The maximum atomic E-state index is 12.1. The molecule has 0 bridgehead atoms. The molecule has 1 aromatic rings. The van der Waals surface area contributed by atoms with E-state index in [9.17, 15) is 9.59 Å². The van der Waals surface area contributed by atoms with E-state index in [1.807, 2.05) is 24.4 Å². The molecule has 104 valence electrons. The minimum atomic E-state index is -0.845. The van der Waals surface area contributed by atoms with Crippen LogP contribution in [0.5, 0.6) is 0 Å². The summed E-state index contributed by atoms with van der Waals surface area (Å²) in [6, 6.07) is 4.02. The van der Waals surface area contributed by atoms with E-state index >= 15 is 0 Å². The van der Waals surface area contributed by atoms with E-state index in [-0.39, 0.29) is 11.8 Å². The van der Waals surface area contributed by atoms with Crippen LogP contribution in [0, 0.1) is 17.8 Å². The first-order chi connectivity index (χ1) is 9.08. The predicted octanol–water partition coefficient (Wildman–Crippen LogP) is 2.15. The fourth-order valence-corrected chi connectivity index (χ4v) is 3.46. The van der Waals surface area contributed by atoms with Crippen molar-refractivity contribution < 1.29 is 14.7 Å². The standard InChI is InChI=1S/C14H19NO3S/c1-9-7-11(12(8-9)14(17)18)13(16)15-5-4-10-3-2-6-19-10/h2-3,6,9,11-12H,4-5,7-8H2,1H3,(H,15,16)(H,17,18). The Morgan fingerprint density at radius 3 is 2.79 bits per heavy atom. The number of carbonyl (C=O) groups excluding carboxylic acids is 1. The number of carboxylic acids is 1. The number of carbonyl (C=O) groups is 2. The lowest BCUT2D eigenvalue weighted by molar-refractivity contribution is -0.146. The molecule has 1 heterocycles. The minimum absolute atomic E-state index is 0.103. The van der Waals surface area contributed by atoms with Crippen molar-refractivity contribution in [2.45, 2.75) is 26.2 Å². The first-order valence-corrected chi connectivity index (χ1v) is 7.48. The van der Waals surface area contributed by atoms with Gasteiger partial charge in [0.2, 0.25) is 5.91 Å². The predicted molar refractivity (Wildman–Crippen MR) is 74.0 cm³/mol. The lowest BCUT2D eigenvalue weighted by Crippen LogP contribution is -2.36. The Balaban J connectivity index is 1.83. The molecule has 0 spiro atoms. The van der Waals surface area contributed by atoms with E-state index in [4.69, 9.17) is 5.11 Å². The molecule has 1 fully saturated rings. The van der Waals surface area contributed by atoms with Crippen LogP contribution < -0.4 is 5.32 Å². The normalized spacial score (nSPS) is 26.3. The number of hydrogen-bond donors (Lipinski definition) is 2. The third-order valence-electron chi connectivity index (χ3n) is 3.70. The average Bonchev–Trinajstić information content (AvgIpc) is 2.98. The summed E-state index contributed by atoms with van der Waals surface area (Å²) in [5, 5.41) is 14.0. The second-order valence-corrected chi connectivity index (χ2v) is 6.28. The van der Waals surface area contributed by atoms with Gasteiger partial charge in [0, 0.05) is 11.4 Å². The fourth-order valence-electron chi connectivity index (χ4n) is 2.75. The Kier molecular flexibility index (Phi) is 4.58. The van der Waals surface area contributed by atoms with Gasteiger partial charge >= 0.3 is 5.97 Å². The molecule has 0 radical (unpaired) electrons. The van der Waals surface area contributed by atoms with Crippen LogP contribution >= 0.6 is 11.3 Å². The van der Waals surface area contributed by atoms with Crippen molar-refractivity contribution in [3.63, 3.8) is 0 Å². The molecule has 1 amide bonds. The van der Waals surface area contributed by atoms with Crippen molar-refractivity contribution in [3.8, 4) is 0 Å². The van der Waals surface area contributed by atoms with Crippen LogP contribution in [0.25, 0.3) is 0 Å². The molecule has 5 heteroatoms. The van der Waals surface area contributed by atoms with Gasteiger partial charge in [0.05, 0.1) is 11.8 Å². The summed E-state index contributed by atoms with van der Waals surface area (Å²) in [6.45, 7) is 2.59. The summed E-state index contributed by atoms with van der Waals surface area (Å²) in [6.07, 6.45) is 2.10. The summed E-state index contributed by atoms with van der Waals surface area (Å²) >= 11 is 1.67. The number of rotatable bonds is 5. The van der Waals surface area contributed by atoms with E-state index in [1.54, 1.807) is 11.3 Å². The van der Waals surface area contributed by atoms with Gasteiger partial charge in [-0.2, -0.15) is 0 Å². The molecule has 1 saturated carbocycles. The summed E-state index contributed by atoms with van der Waals surface area (Å²) in [5.74, 6) is -1.52.